The lowest BCUT2D eigenvalue weighted by atomic mass is 9.54. The molecule has 7 aromatic rings. The fraction of sp³-hybridized carbons (Fsp3) is 0.216. The fourth-order valence-corrected chi connectivity index (χ4v) is 9.97. The van der Waals surface area contributed by atoms with Crippen LogP contribution >= 0.6 is 0 Å². The van der Waals surface area contributed by atoms with Crippen molar-refractivity contribution in [2.75, 3.05) is 0 Å². The number of hydrogen-bond acceptors (Lipinski definition) is 4. The summed E-state index contributed by atoms with van der Waals surface area (Å²) in [5.41, 5.74) is 11.7. The van der Waals surface area contributed by atoms with Crippen molar-refractivity contribution in [2.24, 2.45) is 17.8 Å². The van der Waals surface area contributed by atoms with Crippen molar-refractivity contribution < 1.29 is 0 Å². The third kappa shape index (κ3) is 6.77. The number of nitrogens with zero attached hydrogens (tertiary/aromatic N) is 4. The van der Waals surface area contributed by atoms with Crippen LogP contribution in [-0.2, 0) is 5.41 Å². The van der Waals surface area contributed by atoms with E-state index < -0.39 is 0 Å². The van der Waals surface area contributed by atoms with Crippen molar-refractivity contribution in [3.63, 3.8) is 0 Å². The van der Waals surface area contributed by atoms with E-state index in [4.69, 9.17) is 15.0 Å². The molecule has 2 bridgehead atoms. The normalized spacial score (nSPS) is 20.4. The summed E-state index contributed by atoms with van der Waals surface area (Å²) in [6.07, 6.45) is 6.65. The van der Waals surface area contributed by atoms with Gasteiger partial charge in [-0.25, -0.2) is 15.0 Å². The van der Waals surface area contributed by atoms with Crippen LogP contribution in [0.1, 0.15) is 57.1 Å². The summed E-state index contributed by atoms with van der Waals surface area (Å²) < 4.78 is 0. The molecule has 268 valence electrons. The van der Waals surface area contributed by atoms with Gasteiger partial charge < -0.3 is 0 Å². The molecule has 2 unspecified atom stereocenters. The number of aromatic nitrogens is 3. The summed E-state index contributed by atoms with van der Waals surface area (Å²) in [4.78, 5) is 15.3. The molecule has 9 rings (SSSR count). The largest absolute Gasteiger partial charge is 0.208 e. The number of hydrogen-bond donors (Lipinski definition) is 0. The van der Waals surface area contributed by atoms with Gasteiger partial charge in [0.15, 0.2) is 17.5 Å². The molecule has 2 aliphatic rings. The fourth-order valence-electron chi connectivity index (χ4n) is 9.97. The third-order valence-electron chi connectivity index (χ3n) is 11.9. The summed E-state index contributed by atoms with van der Waals surface area (Å²) in [5, 5.41) is 9.73. The van der Waals surface area contributed by atoms with Crippen LogP contribution in [0, 0.1) is 29.1 Å². The summed E-state index contributed by atoms with van der Waals surface area (Å²) in [6.45, 7) is 4.93. The topological polar surface area (TPSA) is 62.5 Å². The van der Waals surface area contributed by atoms with Gasteiger partial charge in [-0.2, -0.15) is 5.26 Å². The van der Waals surface area contributed by atoms with Crippen LogP contribution in [0.3, 0.4) is 0 Å². The monoisotopic (exact) mass is 712 g/mol. The smallest absolute Gasteiger partial charge is 0.164 e. The second-order valence-electron chi connectivity index (χ2n) is 16.0. The molecular formula is C51H44N4. The van der Waals surface area contributed by atoms with Gasteiger partial charge >= 0.3 is 0 Å². The molecule has 0 N–H and O–H groups in total. The van der Waals surface area contributed by atoms with Crippen molar-refractivity contribution >= 4 is 0 Å². The zero-order valence-electron chi connectivity index (χ0n) is 31.5. The molecule has 0 radical (unpaired) electrons. The molecule has 6 aromatic carbocycles. The Morgan fingerprint density at radius 2 is 1.00 bits per heavy atom. The van der Waals surface area contributed by atoms with Gasteiger partial charge in [-0.15, -0.1) is 0 Å². The van der Waals surface area contributed by atoms with Crippen LogP contribution in [-0.4, -0.2) is 15.0 Å². The lowest BCUT2D eigenvalue weighted by Crippen LogP contribution is -2.42. The third-order valence-corrected chi connectivity index (χ3v) is 11.9. The molecule has 0 amide bonds. The van der Waals surface area contributed by atoms with Crippen molar-refractivity contribution in [1.82, 2.24) is 15.0 Å². The summed E-state index contributed by atoms with van der Waals surface area (Å²) in [7, 11) is 0. The van der Waals surface area contributed by atoms with E-state index in [1.807, 2.05) is 48.5 Å². The Kier molecular flexibility index (Phi) is 9.16. The van der Waals surface area contributed by atoms with E-state index >= 15 is 0 Å². The summed E-state index contributed by atoms with van der Waals surface area (Å²) in [6, 6.07) is 55.2. The van der Waals surface area contributed by atoms with Gasteiger partial charge in [0.1, 0.15) is 0 Å². The van der Waals surface area contributed by atoms with Gasteiger partial charge in [0.25, 0.3) is 0 Å². The summed E-state index contributed by atoms with van der Waals surface area (Å²) in [5.74, 6) is 4.06. The first-order chi connectivity index (χ1) is 27.0. The van der Waals surface area contributed by atoms with Crippen LogP contribution < -0.4 is 0 Å². The first-order valence-electron chi connectivity index (χ1n) is 19.7. The van der Waals surface area contributed by atoms with Crippen LogP contribution in [0.25, 0.3) is 67.5 Å². The molecule has 2 fully saturated rings. The molecular weight excluding hydrogens is 669 g/mol. The number of benzene rings is 6. The molecule has 0 saturated heterocycles. The lowest BCUT2D eigenvalue weighted by Gasteiger charge is -2.50. The molecule has 4 atom stereocenters. The van der Waals surface area contributed by atoms with E-state index in [0.717, 1.165) is 56.7 Å². The lowest BCUT2D eigenvalue weighted by molar-refractivity contribution is 0.0780. The predicted molar refractivity (Wildman–Crippen MR) is 224 cm³/mol. The minimum absolute atomic E-state index is 0.277. The predicted octanol–water partition coefficient (Wildman–Crippen LogP) is 12.8. The highest BCUT2D eigenvalue weighted by molar-refractivity contribution is 6.01. The highest BCUT2D eigenvalue weighted by Crippen LogP contribution is 2.54. The zero-order valence-corrected chi connectivity index (χ0v) is 31.5. The van der Waals surface area contributed by atoms with E-state index in [2.05, 4.69) is 117 Å². The van der Waals surface area contributed by atoms with Crippen molar-refractivity contribution in [3.8, 4) is 73.6 Å². The van der Waals surface area contributed by atoms with Crippen molar-refractivity contribution in [3.05, 3.63) is 163 Å². The Morgan fingerprint density at radius 1 is 0.491 bits per heavy atom. The number of nitriles is 1. The first kappa shape index (κ1) is 34.6. The first-order valence-corrected chi connectivity index (χ1v) is 19.7. The molecule has 1 aromatic heterocycles. The zero-order chi connectivity index (χ0) is 37.4. The van der Waals surface area contributed by atoms with Crippen LogP contribution in [0.5, 0.6) is 0 Å². The number of fused-ring (bicyclic) bond motifs is 2. The van der Waals surface area contributed by atoms with Gasteiger partial charge in [-0.05, 0) is 107 Å². The van der Waals surface area contributed by atoms with Crippen LogP contribution in [0.15, 0.2) is 152 Å². The molecule has 1 heterocycles. The Bertz CT molecular complexity index is 2480. The molecule has 0 aliphatic heterocycles. The minimum atomic E-state index is 0.277. The van der Waals surface area contributed by atoms with Crippen LogP contribution in [0.2, 0.25) is 0 Å². The molecule has 2 saturated carbocycles. The number of rotatable bonds is 7. The molecule has 55 heavy (non-hydrogen) atoms. The summed E-state index contributed by atoms with van der Waals surface area (Å²) >= 11 is 0. The molecule has 0 spiro atoms. The van der Waals surface area contributed by atoms with E-state index in [9.17, 15) is 5.26 Å². The molecule has 2 aliphatic carbocycles. The highest BCUT2D eigenvalue weighted by Gasteiger charge is 2.45. The average molecular weight is 713 g/mol. The Hall–Kier alpha value is -6.18. The van der Waals surface area contributed by atoms with Crippen molar-refractivity contribution in [2.45, 2.75) is 51.4 Å². The minimum Gasteiger partial charge on any atom is -0.208 e. The standard InChI is InChI=1S/C51H44N4/c1-34-27-37-28-35(2)31-51(30-34,32-37)43-23-21-38(22-24-43)44-25-26-45(47(40-16-8-4-9-17-40)46(44)39-14-6-3-7-15-39)50-54-48(41-18-10-5-11-19-41)53-49(55-50)42-20-12-13-36(29-42)33-52/h3-26,29,34-35,37H,27-28,30-32H2,1-2H3/t34-,35?,37-,51?/m0/s1. The Morgan fingerprint density at radius 3 is 1.60 bits per heavy atom. The molecule has 4 nitrogen and oxygen atoms in total. The maximum Gasteiger partial charge on any atom is 0.164 e. The molecule has 4 heteroatoms. The van der Waals surface area contributed by atoms with Gasteiger partial charge in [0, 0.05) is 22.3 Å². The SMILES string of the molecule is CC1C[C@@H]2C[C@H](C)CC(c3ccc(-c4ccc(-c5nc(-c6ccccc6)nc(-c6cccc(C#N)c6)n5)c(-c5ccccc5)c4-c4ccccc4)cc3)(C1)C2. The Labute approximate surface area is 324 Å². The second-order valence-corrected chi connectivity index (χ2v) is 16.0. The van der Waals surface area contributed by atoms with E-state index in [1.54, 1.807) is 6.07 Å². The highest BCUT2D eigenvalue weighted by atomic mass is 15.0. The maximum atomic E-state index is 9.73. The van der Waals surface area contributed by atoms with Gasteiger partial charge in [-0.3, -0.25) is 0 Å². The average Bonchev–Trinajstić information content (AvgIpc) is 3.23. The van der Waals surface area contributed by atoms with Gasteiger partial charge in [-0.1, -0.05) is 147 Å². The van der Waals surface area contributed by atoms with Gasteiger partial charge in [0.2, 0.25) is 0 Å². The van der Waals surface area contributed by atoms with Gasteiger partial charge in [0.05, 0.1) is 11.6 Å². The quantitative estimate of drug-likeness (QED) is 0.165. The van der Waals surface area contributed by atoms with Crippen LogP contribution in [0.4, 0.5) is 0 Å². The Balaban J connectivity index is 1.26. The van der Waals surface area contributed by atoms with E-state index in [1.165, 1.54) is 48.8 Å². The van der Waals surface area contributed by atoms with Crippen molar-refractivity contribution in [1.29, 1.82) is 5.26 Å². The maximum absolute atomic E-state index is 9.73. The second kappa shape index (κ2) is 14.6. The van der Waals surface area contributed by atoms with E-state index in [-0.39, 0.29) is 5.41 Å². The van der Waals surface area contributed by atoms with E-state index in [0.29, 0.717) is 23.0 Å².